The molecule has 1 aromatic heterocycles. The first-order valence-corrected chi connectivity index (χ1v) is 10.2. The number of hydrogen-bond acceptors (Lipinski definition) is 8. The molecule has 0 aliphatic heterocycles. The number of benzene rings is 2. The summed E-state index contributed by atoms with van der Waals surface area (Å²) in [6.45, 7) is 1.49. The van der Waals surface area contributed by atoms with Crippen LogP contribution < -0.4 is 20.8 Å². The van der Waals surface area contributed by atoms with E-state index < -0.39 is 5.78 Å². The molecule has 31 heavy (non-hydrogen) atoms. The third-order valence-electron chi connectivity index (χ3n) is 4.49. The third-order valence-corrected chi connectivity index (χ3v) is 5.43. The molecule has 0 fully saturated rings. The number of rotatable bonds is 7. The second kappa shape index (κ2) is 9.36. The normalized spacial score (nSPS) is 11.5. The Bertz CT molecular complexity index is 1290. The van der Waals surface area contributed by atoms with Gasteiger partial charge in [-0.05, 0) is 31.2 Å². The van der Waals surface area contributed by atoms with E-state index >= 15 is 0 Å². The van der Waals surface area contributed by atoms with Crippen molar-refractivity contribution in [2.75, 3.05) is 20.0 Å². The number of ether oxygens (including phenoxy) is 2. The number of fused-ring (bicyclic) bond motifs is 1. The molecule has 0 saturated carbocycles. The van der Waals surface area contributed by atoms with Gasteiger partial charge in [-0.3, -0.25) is 14.2 Å². The maximum atomic E-state index is 13.3. The molecule has 0 aliphatic rings. The van der Waals surface area contributed by atoms with E-state index in [4.69, 9.17) is 15.2 Å². The van der Waals surface area contributed by atoms with Gasteiger partial charge >= 0.3 is 0 Å². The maximum Gasteiger partial charge on any atom is 0.266 e. The standard InChI is InChI=1S/C22H20N4O4S/c1-13(24)16(11-23)18(27)12-31-22-25-17-7-5-4-6-15(17)21(28)26(22)14-8-9-19(29-2)20(10-14)30-3/h4-10H,12,24H2,1-3H3. The topological polar surface area (TPSA) is 120 Å². The molecule has 0 amide bonds. The number of nitrogens with zero attached hydrogens (tertiary/aromatic N) is 3. The summed E-state index contributed by atoms with van der Waals surface area (Å²) in [5, 5.41) is 9.91. The van der Waals surface area contributed by atoms with Gasteiger partial charge in [0, 0.05) is 11.8 Å². The number of methoxy groups -OCH3 is 2. The maximum absolute atomic E-state index is 13.3. The average molecular weight is 436 g/mol. The Morgan fingerprint density at radius 2 is 1.90 bits per heavy atom. The number of para-hydroxylation sites is 1. The van der Waals surface area contributed by atoms with Crippen LogP contribution in [0.3, 0.4) is 0 Å². The Morgan fingerprint density at radius 3 is 2.55 bits per heavy atom. The largest absolute Gasteiger partial charge is 0.493 e. The molecule has 0 aliphatic carbocycles. The van der Waals surface area contributed by atoms with Crippen LogP contribution in [0.25, 0.3) is 16.6 Å². The Balaban J connectivity index is 2.15. The Morgan fingerprint density at radius 1 is 1.19 bits per heavy atom. The smallest absolute Gasteiger partial charge is 0.266 e. The van der Waals surface area contributed by atoms with Gasteiger partial charge in [-0.1, -0.05) is 23.9 Å². The molecule has 3 rings (SSSR count). The fraction of sp³-hybridized carbons (Fsp3) is 0.182. The summed E-state index contributed by atoms with van der Waals surface area (Å²) in [5.41, 5.74) is 6.39. The van der Waals surface area contributed by atoms with Gasteiger partial charge in [-0.15, -0.1) is 0 Å². The Hall–Kier alpha value is -3.77. The van der Waals surface area contributed by atoms with Crippen molar-refractivity contribution in [3.63, 3.8) is 0 Å². The molecule has 3 aromatic rings. The number of Topliss-reactive ketones (excluding diaryl/α,β-unsaturated/α-hetero) is 1. The molecule has 158 valence electrons. The number of aromatic nitrogens is 2. The van der Waals surface area contributed by atoms with E-state index in [0.29, 0.717) is 33.2 Å². The lowest BCUT2D eigenvalue weighted by Crippen LogP contribution is -2.22. The molecule has 9 heteroatoms. The first-order chi connectivity index (χ1) is 14.9. The lowest BCUT2D eigenvalue weighted by Gasteiger charge is -2.15. The van der Waals surface area contributed by atoms with Gasteiger partial charge in [-0.25, -0.2) is 4.98 Å². The SMILES string of the molecule is COc1ccc(-n2c(SCC(=O)C(C#N)=C(C)N)nc3ccccc3c2=O)cc1OC. The highest BCUT2D eigenvalue weighted by Gasteiger charge is 2.18. The van der Waals surface area contributed by atoms with E-state index in [2.05, 4.69) is 4.98 Å². The van der Waals surface area contributed by atoms with Gasteiger partial charge in [0.05, 0.1) is 36.6 Å². The fourth-order valence-corrected chi connectivity index (χ4v) is 3.86. The first kappa shape index (κ1) is 21.9. The summed E-state index contributed by atoms with van der Waals surface area (Å²) in [5.74, 6) is 0.421. The number of carbonyl (C=O) groups is 1. The highest BCUT2D eigenvalue weighted by Crippen LogP contribution is 2.30. The van der Waals surface area contributed by atoms with Crippen LogP contribution in [0.15, 0.2) is 63.7 Å². The summed E-state index contributed by atoms with van der Waals surface area (Å²) in [6.07, 6.45) is 0. The zero-order valence-corrected chi connectivity index (χ0v) is 18.0. The van der Waals surface area contributed by atoms with Crippen LogP contribution in [0.1, 0.15) is 6.92 Å². The van der Waals surface area contributed by atoms with E-state index in [9.17, 15) is 14.9 Å². The summed E-state index contributed by atoms with van der Waals surface area (Å²) in [4.78, 5) is 30.3. The number of allylic oxidation sites excluding steroid dienone is 2. The zero-order chi connectivity index (χ0) is 22.5. The van der Waals surface area contributed by atoms with Crippen molar-refractivity contribution >= 4 is 28.4 Å². The van der Waals surface area contributed by atoms with Crippen molar-refractivity contribution < 1.29 is 14.3 Å². The molecule has 0 bridgehead atoms. The first-order valence-electron chi connectivity index (χ1n) is 9.18. The van der Waals surface area contributed by atoms with Crippen molar-refractivity contribution in [2.45, 2.75) is 12.1 Å². The lowest BCUT2D eigenvalue weighted by molar-refractivity contribution is -0.112. The van der Waals surface area contributed by atoms with Gasteiger partial charge in [0.15, 0.2) is 22.4 Å². The average Bonchev–Trinajstić information content (AvgIpc) is 2.77. The van der Waals surface area contributed by atoms with Crippen molar-refractivity contribution in [1.29, 1.82) is 5.26 Å². The molecule has 0 atom stereocenters. The number of thioether (sulfide) groups is 1. The second-order valence-corrected chi connectivity index (χ2v) is 7.42. The van der Waals surface area contributed by atoms with Crippen LogP contribution in [-0.2, 0) is 4.79 Å². The molecule has 8 nitrogen and oxygen atoms in total. The minimum absolute atomic E-state index is 0.102. The van der Waals surface area contributed by atoms with Gasteiger partial charge in [0.1, 0.15) is 11.6 Å². The van der Waals surface area contributed by atoms with Crippen LogP contribution >= 0.6 is 11.8 Å². The van der Waals surface area contributed by atoms with Crippen LogP contribution in [0, 0.1) is 11.3 Å². The van der Waals surface area contributed by atoms with E-state index in [1.165, 1.54) is 25.7 Å². The molecule has 2 N–H and O–H groups in total. The summed E-state index contributed by atoms with van der Waals surface area (Å²) >= 11 is 1.05. The Labute approximate surface area is 182 Å². The van der Waals surface area contributed by atoms with Crippen LogP contribution in [0.2, 0.25) is 0 Å². The van der Waals surface area contributed by atoms with Gasteiger partial charge in [0.25, 0.3) is 5.56 Å². The molecule has 0 unspecified atom stereocenters. The van der Waals surface area contributed by atoms with Crippen molar-refractivity contribution in [1.82, 2.24) is 9.55 Å². The van der Waals surface area contributed by atoms with Crippen molar-refractivity contribution in [2.24, 2.45) is 5.73 Å². The summed E-state index contributed by atoms with van der Waals surface area (Å²) in [7, 11) is 3.02. The van der Waals surface area contributed by atoms with Crippen LogP contribution in [0.4, 0.5) is 0 Å². The van der Waals surface area contributed by atoms with E-state index in [0.717, 1.165) is 11.8 Å². The highest BCUT2D eigenvalue weighted by atomic mass is 32.2. The van der Waals surface area contributed by atoms with Gasteiger partial charge in [-0.2, -0.15) is 5.26 Å². The molecule has 0 spiro atoms. The number of ketones is 1. The quantitative estimate of drug-likeness (QED) is 0.260. The minimum atomic E-state index is -0.436. The Kier molecular flexibility index (Phi) is 6.62. The minimum Gasteiger partial charge on any atom is -0.493 e. The van der Waals surface area contributed by atoms with Crippen molar-refractivity contribution in [3.8, 4) is 23.3 Å². The van der Waals surface area contributed by atoms with E-state index in [1.54, 1.807) is 42.5 Å². The molecule has 0 saturated heterocycles. The molecule has 0 radical (unpaired) electrons. The number of carbonyl (C=O) groups excluding carboxylic acids is 1. The molecule has 2 aromatic carbocycles. The van der Waals surface area contributed by atoms with Gasteiger partial charge in [0.2, 0.25) is 0 Å². The third kappa shape index (κ3) is 4.39. The van der Waals surface area contributed by atoms with Crippen molar-refractivity contribution in [3.05, 3.63) is 64.1 Å². The summed E-state index contributed by atoms with van der Waals surface area (Å²) in [6, 6.07) is 13.8. The van der Waals surface area contributed by atoms with Crippen LogP contribution in [-0.4, -0.2) is 35.3 Å². The highest BCUT2D eigenvalue weighted by molar-refractivity contribution is 7.99. The second-order valence-electron chi connectivity index (χ2n) is 6.47. The zero-order valence-electron chi connectivity index (χ0n) is 17.2. The van der Waals surface area contributed by atoms with E-state index in [1.807, 2.05) is 6.07 Å². The number of nitriles is 1. The number of nitrogens with two attached hydrogens (primary N) is 1. The summed E-state index contributed by atoms with van der Waals surface area (Å²) < 4.78 is 12.0. The number of hydrogen-bond donors (Lipinski definition) is 1. The van der Waals surface area contributed by atoms with Crippen LogP contribution in [0.5, 0.6) is 11.5 Å². The molecule has 1 heterocycles. The van der Waals surface area contributed by atoms with E-state index in [-0.39, 0.29) is 22.6 Å². The predicted octanol–water partition coefficient (Wildman–Crippen LogP) is 2.82. The fourth-order valence-electron chi connectivity index (χ4n) is 2.97. The molecular weight excluding hydrogens is 416 g/mol. The van der Waals surface area contributed by atoms with Gasteiger partial charge < -0.3 is 15.2 Å². The monoisotopic (exact) mass is 436 g/mol. The molecular formula is C22H20N4O4S. The lowest BCUT2D eigenvalue weighted by atomic mass is 10.2. The predicted molar refractivity (Wildman–Crippen MR) is 119 cm³/mol.